The molecule has 0 bridgehead atoms. The number of halogens is 4. The van der Waals surface area contributed by atoms with Crippen LogP contribution in [0.5, 0.6) is 0 Å². The Morgan fingerprint density at radius 1 is 1.29 bits per heavy atom. The van der Waals surface area contributed by atoms with Crippen molar-refractivity contribution in [1.82, 2.24) is 0 Å². The van der Waals surface area contributed by atoms with Crippen LogP contribution in [-0.4, -0.2) is 0 Å². The Hall–Kier alpha value is -1.22. The molecule has 14 heavy (non-hydrogen) atoms. The van der Waals surface area contributed by atoms with Gasteiger partial charge in [0.1, 0.15) is 11.9 Å². The van der Waals surface area contributed by atoms with Crippen LogP contribution in [0, 0.1) is 17.1 Å². The van der Waals surface area contributed by atoms with Crippen molar-refractivity contribution in [3.8, 4) is 6.07 Å². The Balaban J connectivity index is 3.38. The second-order valence-electron chi connectivity index (χ2n) is 2.46. The molecule has 6 heteroatoms. The number of hydrogen-bond donors (Lipinski definition) is 1. The summed E-state index contributed by atoms with van der Waals surface area (Å²) in [6, 6.07) is 2.44. The van der Waals surface area contributed by atoms with Crippen molar-refractivity contribution in [2.75, 3.05) is 0 Å². The molecular formula is C8H3F4NS. The lowest BCUT2D eigenvalue weighted by Crippen LogP contribution is -2.07. The zero-order valence-corrected chi connectivity index (χ0v) is 7.46. The lowest BCUT2D eigenvalue weighted by molar-refractivity contribution is -0.139. The minimum absolute atomic E-state index is 0.265. The molecule has 0 radical (unpaired) electrons. The summed E-state index contributed by atoms with van der Waals surface area (Å²) in [5.74, 6) is -1.20. The number of benzene rings is 1. The van der Waals surface area contributed by atoms with E-state index < -0.39 is 28.0 Å². The lowest BCUT2D eigenvalue weighted by Gasteiger charge is -2.09. The predicted octanol–water partition coefficient (Wildman–Crippen LogP) is 3.00. The van der Waals surface area contributed by atoms with E-state index in [9.17, 15) is 17.6 Å². The van der Waals surface area contributed by atoms with E-state index in [1.807, 2.05) is 0 Å². The van der Waals surface area contributed by atoms with Crippen LogP contribution in [0.4, 0.5) is 17.6 Å². The number of alkyl halides is 3. The molecular weight excluding hydrogens is 218 g/mol. The Kier molecular flexibility index (Phi) is 2.71. The SMILES string of the molecule is N#Cc1cc(S)c(C(F)(F)F)cc1F. The van der Waals surface area contributed by atoms with Crippen LogP contribution in [0.3, 0.4) is 0 Å². The summed E-state index contributed by atoms with van der Waals surface area (Å²) >= 11 is 3.52. The molecule has 1 nitrogen and oxygen atoms in total. The van der Waals surface area contributed by atoms with Gasteiger partial charge in [0.15, 0.2) is 0 Å². The number of nitrogens with zero attached hydrogens (tertiary/aromatic N) is 1. The first-order valence-corrected chi connectivity index (χ1v) is 3.81. The molecule has 0 atom stereocenters. The van der Waals surface area contributed by atoms with Gasteiger partial charge in [0.25, 0.3) is 0 Å². The van der Waals surface area contributed by atoms with Gasteiger partial charge >= 0.3 is 6.18 Å². The van der Waals surface area contributed by atoms with Gasteiger partial charge in [-0.1, -0.05) is 0 Å². The first kappa shape index (κ1) is 10.9. The van der Waals surface area contributed by atoms with Crippen LogP contribution in [0.1, 0.15) is 11.1 Å². The van der Waals surface area contributed by atoms with E-state index in [1.165, 1.54) is 6.07 Å². The molecule has 0 aliphatic rings. The molecule has 0 N–H and O–H groups in total. The van der Waals surface area contributed by atoms with E-state index in [-0.39, 0.29) is 6.07 Å². The van der Waals surface area contributed by atoms with E-state index in [1.54, 1.807) is 0 Å². The molecule has 0 aliphatic carbocycles. The second kappa shape index (κ2) is 3.50. The number of nitriles is 1. The summed E-state index contributed by atoms with van der Waals surface area (Å²) in [4.78, 5) is -0.463. The summed E-state index contributed by atoms with van der Waals surface area (Å²) in [6.45, 7) is 0. The Morgan fingerprint density at radius 2 is 1.86 bits per heavy atom. The number of hydrogen-bond acceptors (Lipinski definition) is 2. The van der Waals surface area contributed by atoms with E-state index >= 15 is 0 Å². The summed E-state index contributed by atoms with van der Waals surface area (Å²) in [7, 11) is 0. The van der Waals surface area contributed by atoms with Gasteiger partial charge in [0, 0.05) is 4.90 Å². The number of rotatable bonds is 0. The quantitative estimate of drug-likeness (QED) is 0.528. The van der Waals surface area contributed by atoms with Gasteiger partial charge in [0.2, 0.25) is 0 Å². The maximum atomic E-state index is 12.8. The zero-order valence-electron chi connectivity index (χ0n) is 6.56. The highest BCUT2D eigenvalue weighted by atomic mass is 32.1. The summed E-state index contributed by atoms with van der Waals surface area (Å²) < 4.78 is 49.3. The topological polar surface area (TPSA) is 23.8 Å². The summed E-state index contributed by atoms with van der Waals surface area (Å²) in [6.07, 6.45) is -4.66. The molecule has 0 saturated heterocycles. The molecule has 1 aromatic rings. The number of thiol groups is 1. The molecule has 0 amide bonds. The molecule has 0 aromatic heterocycles. The first-order valence-electron chi connectivity index (χ1n) is 3.36. The average molecular weight is 221 g/mol. The zero-order chi connectivity index (χ0) is 10.9. The Labute approximate surface area is 82.4 Å². The van der Waals surface area contributed by atoms with E-state index in [0.29, 0.717) is 0 Å². The molecule has 0 fully saturated rings. The van der Waals surface area contributed by atoms with Gasteiger partial charge in [-0.3, -0.25) is 0 Å². The Bertz CT molecular complexity index is 405. The Morgan fingerprint density at radius 3 is 2.29 bits per heavy atom. The van der Waals surface area contributed by atoms with Gasteiger partial charge in [-0.05, 0) is 12.1 Å². The molecule has 1 rings (SSSR count). The van der Waals surface area contributed by atoms with Crippen molar-refractivity contribution in [3.63, 3.8) is 0 Å². The minimum atomic E-state index is -4.66. The van der Waals surface area contributed by atoms with Gasteiger partial charge in [-0.2, -0.15) is 18.4 Å². The fourth-order valence-corrected chi connectivity index (χ4v) is 1.19. The van der Waals surface area contributed by atoms with Crippen LogP contribution in [0.25, 0.3) is 0 Å². The first-order chi connectivity index (χ1) is 6.36. The van der Waals surface area contributed by atoms with Crippen molar-refractivity contribution < 1.29 is 17.6 Å². The second-order valence-corrected chi connectivity index (χ2v) is 2.94. The van der Waals surface area contributed by atoms with Crippen LogP contribution in [0.2, 0.25) is 0 Å². The van der Waals surface area contributed by atoms with Gasteiger partial charge < -0.3 is 0 Å². The third-order valence-corrected chi connectivity index (χ3v) is 1.88. The van der Waals surface area contributed by atoms with Crippen molar-refractivity contribution in [2.45, 2.75) is 11.1 Å². The van der Waals surface area contributed by atoms with Crippen molar-refractivity contribution in [1.29, 1.82) is 5.26 Å². The summed E-state index contributed by atoms with van der Waals surface area (Å²) in [5, 5.41) is 8.33. The molecule has 0 spiro atoms. The fourth-order valence-electron chi connectivity index (χ4n) is 0.875. The van der Waals surface area contributed by atoms with E-state index in [4.69, 9.17) is 5.26 Å². The maximum Gasteiger partial charge on any atom is 0.417 e. The molecule has 0 unspecified atom stereocenters. The highest BCUT2D eigenvalue weighted by Gasteiger charge is 2.33. The van der Waals surface area contributed by atoms with Crippen LogP contribution < -0.4 is 0 Å². The van der Waals surface area contributed by atoms with Crippen molar-refractivity contribution in [3.05, 3.63) is 29.1 Å². The van der Waals surface area contributed by atoms with Crippen molar-refractivity contribution >= 4 is 12.6 Å². The van der Waals surface area contributed by atoms with Gasteiger partial charge in [0.05, 0.1) is 11.1 Å². The monoisotopic (exact) mass is 221 g/mol. The highest BCUT2D eigenvalue weighted by molar-refractivity contribution is 7.80. The molecule has 0 heterocycles. The van der Waals surface area contributed by atoms with E-state index in [2.05, 4.69) is 12.6 Å². The minimum Gasteiger partial charge on any atom is -0.206 e. The third kappa shape index (κ3) is 1.99. The standard InChI is InChI=1S/C8H3F4NS/c9-6-2-5(8(10,11)12)7(14)1-4(6)3-13/h1-2,14H. The van der Waals surface area contributed by atoms with E-state index in [0.717, 1.165) is 6.07 Å². The third-order valence-electron chi connectivity index (χ3n) is 1.51. The lowest BCUT2D eigenvalue weighted by atomic mass is 10.1. The normalized spacial score (nSPS) is 11.1. The van der Waals surface area contributed by atoms with Gasteiger partial charge in [-0.25, -0.2) is 4.39 Å². The molecule has 0 saturated carbocycles. The van der Waals surface area contributed by atoms with Crippen LogP contribution in [0.15, 0.2) is 17.0 Å². The molecule has 74 valence electrons. The average Bonchev–Trinajstić information content (AvgIpc) is 2.06. The summed E-state index contributed by atoms with van der Waals surface area (Å²) in [5.41, 5.74) is -1.64. The molecule has 0 aliphatic heterocycles. The fraction of sp³-hybridized carbons (Fsp3) is 0.125. The van der Waals surface area contributed by atoms with Crippen LogP contribution >= 0.6 is 12.6 Å². The maximum absolute atomic E-state index is 12.8. The predicted molar refractivity (Wildman–Crippen MR) is 43.4 cm³/mol. The largest absolute Gasteiger partial charge is 0.417 e. The highest BCUT2D eigenvalue weighted by Crippen LogP contribution is 2.34. The smallest absolute Gasteiger partial charge is 0.206 e. The van der Waals surface area contributed by atoms with Crippen molar-refractivity contribution in [2.24, 2.45) is 0 Å². The van der Waals surface area contributed by atoms with Crippen LogP contribution in [-0.2, 0) is 6.18 Å². The molecule has 1 aromatic carbocycles. The van der Waals surface area contributed by atoms with Gasteiger partial charge in [-0.15, -0.1) is 12.6 Å².